The van der Waals surface area contributed by atoms with Crippen molar-refractivity contribution in [3.8, 4) is 35.8 Å². The molecule has 16 nitrogen and oxygen atoms in total. The molecule has 14 rings (SSSR count). The lowest BCUT2D eigenvalue weighted by molar-refractivity contribution is -0.179. The normalized spacial score (nSPS) is 17.7. The van der Waals surface area contributed by atoms with Gasteiger partial charge in [-0.15, -0.1) is 22.7 Å². The summed E-state index contributed by atoms with van der Waals surface area (Å²) in [6.45, 7) is -1.21. The highest BCUT2D eigenvalue weighted by Crippen LogP contribution is 2.58. The molecule has 0 saturated heterocycles. The first-order valence-electron chi connectivity index (χ1n) is 30.1. The van der Waals surface area contributed by atoms with Crippen LogP contribution in [0.4, 0.5) is 0 Å². The molecule has 96 heavy (non-hydrogen) atoms. The van der Waals surface area contributed by atoms with Crippen LogP contribution < -0.4 is 9.47 Å². The minimum atomic E-state index is -2.72. The molecule has 0 bridgehead atoms. The van der Waals surface area contributed by atoms with Gasteiger partial charge in [0.05, 0.1) is 9.75 Å². The van der Waals surface area contributed by atoms with Gasteiger partial charge in [0, 0.05) is 77.3 Å². The number of carbonyl (C=O) groups excluding carboxylic acids is 6. The van der Waals surface area contributed by atoms with Gasteiger partial charge in [-0.25, -0.2) is 19.2 Å². The maximum absolute atomic E-state index is 15.7. The Morgan fingerprint density at radius 2 is 0.708 bits per heavy atom. The van der Waals surface area contributed by atoms with Crippen LogP contribution in [0, 0.1) is 57.2 Å². The van der Waals surface area contributed by atoms with Gasteiger partial charge >= 0.3 is 35.1 Å². The number of nitriles is 4. The fraction of sp³-hybridized carbons (Fsp3) is 0.103. The highest BCUT2D eigenvalue weighted by atomic mass is 32.1. The van der Waals surface area contributed by atoms with E-state index in [-0.39, 0.29) is 105 Å². The molecular weight excluding hydrogens is 1250 g/mol. The second kappa shape index (κ2) is 25.1. The van der Waals surface area contributed by atoms with Crippen molar-refractivity contribution in [1.29, 1.82) is 21.0 Å². The van der Waals surface area contributed by atoms with Crippen molar-refractivity contribution in [2.24, 2.45) is 11.8 Å². The number of hydrogen-bond donors (Lipinski definition) is 0. The topological polar surface area (TPSA) is 253 Å². The molecule has 0 spiro atoms. The fourth-order valence-electron chi connectivity index (χ4n) is 12.6. The van der Waals surface area contributed by atoms with E-state index in [1.807, 2.05) is 24.3 Å². The summed E-state index contributed by atoms with van der Waals surface area (Å²) < 4.78 is 38.4. The minimum absolute atomic E-state index is 0.00687. The Kier molecular flexibility index (Phi) is 16.0. The van der Waals surface area contributed by atoms with Crippen molar-refractivity contribution in [3.63, 3.8) is 0 Å². The summed E-state index contributed by atoms with van der Waals surface area (Å²) >= 11 is 2.24. The zero-order chi connectivity index (χ0) is 66.2. The molecular formula is C78H46N4O12S2. The molecule has 2 unspecified atom stereocenters. The zero-order valence-corrected chi connectivity index (χ0v) is 51.9. The van der Waals surface area contributed by atoms with E-state index in [0.717, 1.165) is 22.7 Å². The van der Waals surface area contributed by atoms with Gasteiger partial charge in [0.25, 0.3) is 0 Å². The van der Waals surface area contributed by atoms with Crippen LogP contribution >= 0.6 is 22.7 Å². The summed E-state index contributed by atoms with van der Waals surface area (Å²) in [5.74, 6) is -7.24. The molecule has 4 heterocycles. The molecule has 18 heteroatoms. The molecule has 6 aliphatic rings. The number of fused-ring (bicyclic) bond motifs is 9. The van der Waals surface area contributed by atoms with Crippen molar-refractivity contribution >= 4 is 92.6 Å². The van der Waals surface area contributed by atoms with E-state index in [1.54, 1.807) is 206 Å². The Morgan fingerprint density at radius 1 is 0.417 bits per heavy atom. The predicted molar refractivity (Wildman–Crippen MR) is 353 cm³/mol. The van der Waals surface area contributed by atoms with Gasteiger partial charge in [-0.05, 0) is 57.7 Å². The number of ketones is 2. The molecule has 0 fully saturated rings. The molecule has 462 valence electrons. The first-order valence-corrected chi connectivity index (χ1v) is 31.7. The Hall–Kier alpha value is -12.6. The van der Waals surface area contributed by atoms with Gasteiger partial charge < -0.3 is 28.4 Å². The maximum atomic E-state index is 15.7. The van der Waals surface area contributed by atoms with E-state index in [0.29, 0.717) is 52.9 Å². The Balaban J connectivity index is 0.980. The molecule has 8 aromatic rings. The maximum Gasteiger partial charge on any atom is 0.367 e. The van der Waals surface area contributed by atoms with E-state index < -0.39 is 58.5 Å². The van der Waals surface area contributed by atoms with E-state index in [1.165, 1.54) is 12.2 Å². The molecule has 0 N–H and O–H groups in total. The number of carbonyl (C=O) groups is 6. The van der Waals surface area contributed by atoms with Gasteiger partial charge in [-0.2, -0.15) is 21.0 Å². The Labute approximate surface area is 556 Å². The average molecular weight is 1300 g/mol. The molecule has 6 aromatic carbocycles. The van der Waals surface area contributed by atoms with E-state index >= 15 is 19.2 Å². The van der Waals surface area contributed by atoms with Crippen molar-refractivity contribution in [2.75, 3.05) is 0 Å². The van der Waals surface area contributed by atoms with Gasteiger partial charge in [-0.3, -0.25) is 9.59 Å². The lowest BCUT2D eigenvalue weighted by Crippen LogP contribution is -2.58. The summed E-state index contributed by atoms with van der Waals surface area (Å²) in [6.07, 6.45) is 9.97. The molecule has 0 radical (unpaired) electrons. The largest absolute Gasteiger partial charge is 0.458 e. The second-order valence-corrected chi connectivity index (χ2v) is 25.0. The van der Waals surface area contributed by atoms with Gasteiger partial charge in [-0.1, -0.05) is 194 Å². The van der Waals surface area contributed by atoms with E-state index in [2.05, 4.69) is 0 Å². The summed E-state index contributed by atoms with van der Waals surface area (Å²) in [5.41, 5.74) is -1.50. The van der Waals surface area contributed by atoms with Crippen LogP contribution in [-0.4, -0.2) is 46.6 Å². The molecule has 0 saturated carbocycles. The van der Waals surface area contributed by atoms with Crippen LogP contribution in [0.2, 0.25) is 0 Å². The Morgan fingerprint density at radius 3 is 1.01 bits per heavy atom. The number of allylic oxidation sites excluding steroid dienone is 10. The van der Waals surface area contributed by atoms with Crippen LogP contribution in [-0.2, 0) is 64.6 Å². The minimum Gasteiger partial charge on any atom is -0.458 e. The summed E-state index contributed by atoms with van der Waals surface area (Å²) in [5, 5.41) is 41.0. The van der Waals surface area contributed by atoms with Gasteiger partial charge in [0.15, 0.2) is 11.6 Å². The second-order valence-electron chi connectivity index (χ2n) is 22.8. The number of esters is 4. The first kappa shape index (κ1) is 61.0. The standard InChI is InChI=1S/C78H46N4O12S2/c79-37-51(38-80)67-55-25-13-15-27-57(55)69(83)61(67)33-53-35-65-71(95-53)59-29-50-32-64-60(30-49(50)31-63(59)77(93-65,73(85)89-41-45-17-5-1-6-18-45)74(86)90-42-46-19-7-2-8-20-46)72-66(36-54(96-72)34-62-68(52(39-81)40-82)56-26-14-16-28-58(56)70(62)84)94-78(64,75(87)91-43-47-21-9-3-10-22-47)76(88)92-44-48-23-11-4-12-24-48/h1-36,49-50H,41-44H2/b61-33-,62-34-. The molecule has 2 atom stereocenters. The van der Waals surface area contributed by atoms with Crippen molar-refractivity contribution in [3.05, 3.63) is 304 Å². The molecule has 2 aliphatic heterocycles. The zero-order valence-electron chi connectivity index (χ0n) is 50.3. The third-order valence-electron chi connectivity index (χ3n) is 17.1. The van der Waals surface area contributed by atoms with Crippen LogP contribution in [0.5, 0.6) is 11.5 Å². The lowest BCUT2D eigenvalue weighted by atomic mass is 9.68. The number of thiophene rings is 2. The van der Waals surface area contributed by atoms with Crippen molar-refractivity contribution in [1.82, 2.24) is 0 Å². The van der Waals surface area contributed by atoms with Gasteiger partial charge in [0.2, 0.25) is 0 Å². The summed E-state index contributed by atoms with van der Waals surface area (Å²) in [7, 11) is 0. The number of hydrogen-bond acceptors (Lipinski definition) is 18. The number of benzene rings is 6. The number of rotatable bonds is 14. The van der Waals surface area contributed by atoms with Crippen LogP contribution in [0.1, 0.15) is 73.6 Å². The Bertz CT molecular complexity index is 4670. The van der Waals surface area contributed by atoms with Crippen molar-refractivity contribution in [2.45, 2.75) is 37.6 Å². The smallest absolute Gasteiger partial charge is 0.367 e. The van der Waals surface area contributed by atoms with E-state index in [9.17, 15) is 30.6 Å². The third-order valence-corrected chi connectivity index (χ3v) is 19.3. The predicted octanol–water partition coefficient (Wildman–Crippen LogP) is 13.8. The fourth-order valence-corrected chi connectivity index (χ4v) is 14.8. The average Bonchev–Trinajstić information content (AvgIpc) is 1.08. The van der Waals surface area contributed by atoms with Crippen LogP contribution in [0.3, 0.4) is 0 Å². The molecule has 2 aromatic heterocycles. The van der Waals surface area contributed by atoms with E-state index in [4.69, 9.17) is 28.4 Å². The monoisotopic (exact) mass is 1290 g/mol. The summed E-state index contributed by atoms with van der Waals surface area (Å²) in [6, 6.07) is 59.4. The lowest BCUT2D eigenvalue weighted by Gasteiger charge is -2.42. The third kappa shape index (κ3) is 10.5. The van der Waals surface area contributed by atoms with Crippen LogP contribution in [0.25, 0.3) is 34.4 Å². The van der Waals surface area contributed by atoms with Crippen molar-refractivity contribution < 1.29 is 57.2 Å². The number of ether oxygens (including phenoxy) is 6. The number of nitrogens with zero attached hydrogens (tertiary/aromatic N) is 4. The molecule has 0 amide bonds. The SMILES string of the molecule is N#CC(C#N)=C1/C(=C/c2cc3c(s2)C2=CC4C=C5C(=CC4C=C2C(C(=O)OCc2ccccc2)(C(=O)OCc2ccccc2)O3)c2sc(/C=C3\C(=O)c4ccccc4C3=C(C#N)C#N)cc2OC5(C(=O)OCc2ccccc2)C(=O)OCc2ccccc2)C(=O)c2ccccc21. The first-order chi connectivity index (χ1) is 46.8. The highest BCUT2D eigenvalue weighted by Gasteiger charge is 2.63. The summed E-state index contributed by atoms with van der Waals surface area (Å²) in [4.78, 5) is 92.8. The highest BCUT2D eigenvalue weighted by molar-refractivity contribution is 7.15. The van der Waals surface area contributed by atoms with Crippen LogP contribution in [0.15, 0.2) is 240 Å². The number of Topliss-reactive ketones (excluding diaryl/α,β-unsaturated/α-hetero) is 2. The quantitative estimate of drug-likeness (QED) is 0.0322. The van der Waals surface area contributed by atoms with Gasteiger partial charge in [0.1, 0.15) is 73.3 Å². The molecule has 4 aliphatic carbocycles.